The molecule has 7 heteroatoms. The number of aromatic nitrogens is 3. The normalized spacial score (nSPS) is 10.5. The van der Waals surface area contributed by atoms with Crippen molar-refractivity contribution >= 4 is 35.1 Å². The van der Waals surface area contributed by atoms with Crippen molar-refractivity contribution in [2.75, 3.05) is 11.1 Å². The summed E-state index contributed by atoms with van der Waals surface area (Å²) in [5, 5.41) is 3.84. The lowest BCUT2D eigenvalue weighted by molar-refractivity contribution is -0.113. The highest BCUT2D eigenvalue weighted by Crippen LogP contribution is 2.26. The van der Waals surface area contributed by atoms with Crippen molar-refractivity contribution in [3.05, 3.63) is 61.2 Å². The van der Waals surface area contributed by atoms with E-state index in [1.807, 2.05) is 54.2 Å². The van der Waals surface area contributed by atoms with Crippen molar-refractivity contribution in [2.45, 2.75) is 14.9 Å². The highest BCUT2D eigenvalue weighted by Gasteiger charge is 2.05. The monoisotopic (exact) mass is 356 g/mol. The lowest BCUT2D eigenvalue weighted by Gasteiger charge is -2.06. The number of amides is 1. The van der Waals surface area contributed by atoms with Crippen LogP contribution in [0.25, 0.3) is 0 Å². The van der Waals surface area contributed by atoms with Crippen LogP contribution in [0.5, 0.6) is 0 Å². The molecule has 24 heavy (non-hydrogen) atoms. The van der Waals surface area contributed by atoms with Gasteiger partial charge in [0.1, 0.15) is 0 Å². The third-order valence-electron chi connectivity index (χ3n) is 3.14. The quantitative estimate of drug-likeness (QED) is 0.683. The molecule has 0 aliphatic carbocycles. The molecule has 0 radical (unpaired) electrons. The molecule has 0 saturated carbocycles. The van der Waals surface area contributed by atoms with Crippen LogP contribution in [-0.4, -0.2) is 26.2 Å². The van der Waals surface area contributed by atoms with Crippen molar-refractivity contribution in [2.24, 2.45) is 7.05 Å². The fraction of sp³-hybridized carbons (Fsp3) is 0.118. The van der Waals surface area contributed by atoms with Gasteiger partial charge in [0.05, 0.1) is 5.75 Å². The van der Waals surface area contributed by atoms with E-state index in [9.17, 15) is 4.79 Å². The number of rotatable bonds is 6. The Balaban J connectivity index is 1.52. The zero-order valence-corrected chi connectivity index (χ0v) is 14.7. The first-order chi connectivity index (χ1) is 11.7. The van der Waals surface area contributed by atoms with Crippen LogP contribution in [0.4, 0.5) is 5.69 Å². The Morgan fingerprint density at radius 3 is 2.50 bits per heavy atom. The average molecular weight is 356 g/mol. The van der Waals surface area contributed by atoms with Crippen LogP contribution in [0.15, 0.2) is 76.1 Å². The average Bonchev–Trinajstić information content (AvgIpc) is 3.01. The van der Waals surface area contributed by atoms with E-state index in [1.165, 1.54) is 11.8 Å². The van der Waals surface area contributed by atoms with Crippen molar-refractivity contribution in [1.29, 1.82) is 0 Å². The molecular formula is C17H16N4OS2. The van der Waals surface area contributed by atoms with Gasteiger partial charge in [-0.3, -0.25) is 9.78 Å². The van der Waals surface area contributed by atoms with Gasteiger partial charge in [0.2, 0.25) is 5.91 Å². The maximum Gasteiger partial charge on any atom is 0.234 e. The van der Waals surface area contributed by atoms with E-state index in [1.54, 1.807) is 30.4 Å². The minimum absolute atomic E-state index is 0.0266. The van der Waals surface area contributed by atoms with Crippen LogP contribution in [0, 0.1) is 0 Å². The van der Waals surface area contributed by atoms with Crippen LogP contribution in [0.3, 0.4) is 0 Å². The number of aryl methyl sites for hydroxylation is 1. The zero-order chi connectivity index (χ0) is 16.8. The van der Waals surface area contributed by atoms with E-state index in [0.29, 0.717) is 5.75 Å². The van der Waals surface area contributed by atoms with E-state index in [-0.39, 0.29) is 5.91 Å². The zero-order valence-electron chi connectivity index (χ0n) is 13.0. The first-order valence-electron chi connectivity index (χ1n) is 7.28. The maximum absolute atomic E-state index is 12.0. The Morgan fingerprint density at radius 2 is 1.83 bits per heavy atom. The third-order valence-corrected chi connectivity index (χ3v) is 5.24. The summed E-state index contributed by atoms with van der Waals surface area (Å²) in [5.74, 6) is 0.342. The van der Waals surface area contributed by atoms with Gasteiger partial charge in [0.15, 0.2) is 5.16 Å². The number of pyridine rings is 1. The Hall–Kier alpha value is -2.25. The summed E-state index contributed by atoms with van der Waals surface area (Å²) in [6.07, 6.45) is 7.13. The number of anilines is 1. The molecule has 1 N–H and O–H groups in total. The van der Waals surface area contributed by atoms with Crippen molar-refractivity contribution in [3.63, 3.8) is 0 Å². The fourth-order valence-electron chi connectivity index (χ4n) is 1.94. The Labute approximate surface area is 148 Å². The topological polar surface area (TPSA) is 59.8 Å². The smallest absolute Gasteiger partial charge is 0.234 e. The van der Waals surface area contributed by atoms with Gasteiger partial charge < -0.3 is 9.88 Å². The molecule has 2 aromatic heterocycles. The first-order valence-corrected chi connectivity index (χ1v) is 9.09. The molecular weight excluding hydrogens is 340 g/mol. The molecule has 3 aromatic rings. The summed E-state index contributed by atoms with van der Waals surface area (Å²) in [7, 11) is 1.96. The molecule has 3 rings (SSSR count). The van der Waals surface area contributed by atoms with Crippen molar-refractivity contribution < 1.29 is 4.79 Å². The molecule has 1 amide bonds. The van der Waals surface area contributed by atoms with Gasteiger partial charge in [0.25, 0.3) is 0 Å². The SMILES string of the molecule is Cn1ccnc1Sc1ccc(NC(=O)CSc2ccncc2)cc1. The summed E-state index contributed by atoms with van der Waals surface area (Å²) in [5.41, 5.74) is 0.791. The summed E-state index contributed by atoms with van der Waals surface area (Å²) in [6, 6.07) is 11.5. The molecule has 0 aliphatic rings. The number of carbonyl (C=O) groups is 1. The van der Waals surface area contributed by atoms with Gasteiger partial charge in [-0.05, 0) is 36.4 Å². The fourth-order valence-corrected chi connectivity index (χ4v) is 3.43. The molecule has 0 unspecified atom stereocenters. The van der Waals surface area contributed by atoms with Crippen molar-refractivity contribution in [1.82, 2.24) is 14.5 Å². The van der Waals surface area contributed by atoms with Crippen LogP contribution >= 0.6 is 23.5 Å². The molecule has 0 atom stereocenters. The minimum Gasteiger partial charge on any atom is -0.329 e. The molecule has 2 heterocycles. The molecule has 1 aromatic carbocycles. The highest BCUT2D eigenvalue weighted by molar-refractivity contribution is 8.00. The van der Waals surface area contributed by atoms with Crippen LogP contribution in [0.2, 0.25) is 0 Å². The molecule has 0 aliphatic heterocycles. The number of nitrogens with one attached hydrogen (secondary N) is 1. The Kier molecular flexibility index (Phi) is 5.55. The number of hydrogen-bond donors (Lipinski definition) is 1. The Bertz CT molecular complexity index is 803. The second-order valence-electron chi connectivity index (χ2n) is 4.97. The second-order valence-corrected chi connectivity index (χ2v) is 7.06. The summed E-state index contributed by atoms with van der Waals surface area (Å²) in [6.45, 7) is 0. The lowest BCUT2D eigenvalue weighted by Crippen LogP contribution is -2.13. The van der Waals surface area contributed by atoms with E-state index in [0.717, 1.165) is 20.6 Å². The molecule has 0 bridgehead atoms. The van der Waals surface area contributed by atoms with Gasteiger partial charge in [0, 0.05) is 47.3 Å². The van der Waals surface area contributed by atoms with Gasteiger partial charge in [-0.1, -0.05) is 11.8 Å². The van der Waals surface area contributed by atoms with E-state index < -0.39 is 0 Å². The number of carbonyl (C=O) groups excluding carboxylic acids is 1. The number of benzene rings is 1. The lowest BCUT2D eigenvalue weighted by atomic mass is 10.3. The molecule has 122 valence electrons. The summed E-state index contributed by atoms with van der Waals surface area (Å²) in [4.78, 5) is 22.4. The van der Waals surface area contributed by atoms with Gasteiger partial charge in [-0.25, -0.2) is 4.98 Å². The largest absolute Gasteiger partial charge is 0.329 e. The number of hydrogen-bond acceptors (Lipinski definition) is 5. The third kappa shape index (κ3) is 4.62. The number of thioether (sulfide) groups is 1. The highest BCUT2D eigenvalue weighted by atomic mass is 32.2. The maximum atomic E-state index is 12.0. The molecule has 0 saturated heterocycles. The summed E-state index contributed by atoms with van der Waals surface area (Å²) < 4.78 is 1.97. The van der Waals surface area contributed by atoms with Crippen molar-refractivity contribution in [3.8, 4) is 0 Å². The van der Waals surface area contributed by atoms with Crippen LogP contribution < -0.4 is 5.32 Å². The molecule has 0 spiro atoms. The molecule has 5 nitrogen and oxygen atoms in total. The number of nitrogens with zero attached hydrogens (tertiary/aromatic N) is 3. The van der Waals surface area contributed by atoms with Crippen LogP contribution in [0.1, 0.15) is 0 Å². The predicted octanol–water partition coefficient (Wildman–Crippen LogP) is 3.70. The number of imidazole rings is 1. The van der Waals surface area contributed by atoms with E-state index in [2.05, 4.69) is 15.3 Å². The van der Waals surface area contributed by atoms with Crippen LogP contribution in [-0.2, 0) is 11.8 Å². The Morgan fingerprint density at radius 1 is 1.08 bits per heavy atom. The van der Waals surface area contributed by atoms with E-state index >= 15 is 0 Å². The standard InChI is InChI=1S/C17H16N4OS2/c1-21-11-10-19-17(21)24-15-4-2-13(3-5-15)20-16(22)12-23-14-6-8-18-9-7-14/h2-11H,12H2,1H3,(H,20,22). The predicted molar refractivity (Wildman–Crippen MR) is 97.4 cm³/mol. The summed E-state index contributed by atoms with van der Waals surface area (Å²) >= 11 is 3.07. The first kappa shape index (κ1) is 16.6. The van der Waals surface area contributed by atoms with Gasteiger partial charge in [-0.2, -0.15) is 0 Å². The minimum atomic E-state index is -0.0266. The van der Waals surface area contributed by atoms with E-state index in [4.69, 9.17) is 0 Å². The molecule has 0 fully saturated rings. The van der Waals surface area contributed by atoms with Gasteiger partial charge >= 0.3 is 0 Å². The van der Waals surface area contributed by atoms with Gasteiger partial charge in [-0.15, -0.1) is 11.8 Å². The second kappa shape index (κ2) is 8.03.